The Labute approximate surface area is 117 Å². The van der Waals surface area contributed by atoms with Crippen LogP contribution in [0.4, 0.5) is 0 Å². The second-order valence-electron chi connectivity index (χ2n) is 4.43. The maximum atomic E-state index is 9.55. The van der Waals surface area contributed by atoms with Crippen molar-refractivity contribution in [2.24, 2.45) is 0 Å². The highest BCUT2D eigenvalue weighted by molar-refractivity contribution is 5.89. The summed E-state index contributed by atoms with van der Waals surface area (Å²) < 4.78 is 0. The minimum absolute atomic E-state index is 0.558. The van der Waals surface area contributed by atoms with Gasteiger partial charge >= 0.3 is 11.9 Å². The summed E-state index contributed by atoms with van der Waals surface area (Å²) >= 11 is 0. The molecule has 6 nitrogen and oxygen atoms in total. The highest BCUT2D eigenvalue weighted by Gasteiger charge is 2.21. The minimum Gasteiger partial charge on any atom is -0.478 e. The first-order valence-corrected chi connectivity index (χ1v) is 6.25. The Bertz CT molecular complexity index is 457. The van der Waals surface area contributed by atoms with Crippen molar-refractivity contribution in [1.82, 2.24) is 9.88 Å². The molecular formula is C14H18N2O4. The molecule has 20 heavy (non-hydrogen) atoms. The molecule has 6 heteroatoms. The quantitative estimate of drug-likeness (QED) is 0.815. The predicted molar refractivity (Wildman–Crippen MR) is 73.3 cm³/mol. The van der Waals surface area contributed by atoms with Gasteiger partial charge in [0.2, 0.25) is 0 Å². The number of hydrogen-bond acceptors (Lipinski definition) is 4. The van der Waals surface area contributed by atoms with Crippen molar-refractivity contribution in [2.45, 2.75) is 18.9 Å². The van der Waals surface area contributed by atoms with Gasteiger partial charge in [0.05, 0.1) is 0 Å². The molecule has 0 aliphatic carbocycles. The van der Waals surface area contributed by atoms with Crippen molar-refractivity contribution < 1.29 is 19.8 Å². The fraction of sp³-hybridized carbons (Fsp3) is 0.357. The molecule has 0 unspecified atom stereocenters. The van der Waals surface area contributed by atoms with Crippen molar-refractivity contribution in [2.75, 3.05) is 13.6 Å². The van der Waals surface area contributed by atoms with E-state index in [9.17, 15) is 9.59 Å². The third kappa shape index (κ3) is 5.62. The molecule has 0 amide bonds. The number of nitrogens with zero attached hydrogens (tertiary/aromatic N) is 2. The molecule has 2 rings (SSSR count). The van der Waals surface area contributed by atoms with Crippen LogP contribution in [0.1, 0.15) is 24.4 Å². The van der Waals surface area contributed by atoms with Gasteiger partial charge in [-0.15, -0.1) is 0 Å². The van der Waals surface area contributed by atoms with Crippen molar-refractivity contribution in [1.29, 1.82) is 0 Å². The number of carbonyl (C=O) groups is 2. The number of carboxylic acids is 2. The summed E-state index contributed by atoms with van der Waals surface area (Å²) in [6.07, 6.45) is 7.52. The van der Waals surface area contributed by atoms with Gasteiger partial charge in [-0.25, -0.2) is 9.59 Å². The smallest absolute Gasteiger partial charge is 0.328 e. The van der Waals surface area contributed by atoms with Gasteiger partial charge < -0.3 is 10.2 Å². The molecular weight excluding hydrogens is 260 g/mol. The van der Waals surface area contributed by atoms with Crippen molar-refractivity contribution >= 4 is 11.9 Å². The normalized spacial score (nSPS) is 18.6. The average molecular weight is 278 g/mol. The molecule has 1 aliphatic heterocycles. The number of pyridine rings is 1. The van der Waals surface area contributed by atoms with Crippen LogP contribution in [0.2, 0.25) is 0 Å². The van der Waals surface area contributed by atoms with Crippen LogP contribution >= 0.6 is 0 Å². The molecule has 0 bridgehead atoms. The van der Waals surface area contributed by atoms with E-state index in [4.69, 9.17) is 10.2 Å². The lowest BCUT2D eigenvalue weighted by atomic mass is 10.1. The maximum absolute atomic E-state index is 9.55. The number of rotatable bonds is 3. The predicted octanol–water partition coefficient (Wildman–Crippen LogP) is 1.56. The standard InChI is InChI=1S/C10H14N2.C4H4O4/c1-12-7-3-5-10(12)9-4-2-6-11-8-9;5-3(6)1-2-4(7)8/h2,4,6,8,10H,3,5,7H2,1H3;1-2H,(H,5,6)(H,7,8)/b;2-1-/t10-;/m0./s1. The van der Waals surface area contributed by atoms with Gasteiger partial charge in [-0.2, -0.15) is 0 Å². The van der Waals surface area contributed by atoms with Gasteiger partial charge in [-0.05, 0) is 38.1 Å². The van der Waals surface area contributed by atoms with Crippen LogP contribution in [0.5, 0.6) is 0 Å². The average Bonchev–Trinajstić information content (AvgIpc) is 2.84. The van der Waals surface area contributed by atoms with Gasteiger partial charge in [0.25, 0.3) is 0 Å². The molecule has 0 radical (unpaired) electrons. The molecule has 1 fully saturated rings. The Kier molecular flexibility index (Phi) is 6.39. The maximum Gasteiger partial charge on any atom is 0.328 e. The molecule has 0 spiro atoms. The molecule has 1 saturated heterocycles. The van der Waals surface area contributed by atoms with E-state index in [1.807, 2.05) is 18.5 Å². The Morgan fingerprint density at radius 1 is 1.35 bits per heavy atom. The molecule has 2 N–H and O–H groups in total. The fourth-order valence-electron chi connectivity index (χ4n) is 2.05. The minimum atomic E-state index is -1.26. The summed E-state index contributed by atoms with van der Waals surface area (Å²) in [5, 5.41) is 15.6. The third-order valence-electron chi connectivity index (χ3n) is 2.96. The molecule has 1 aromatic rings. The molecule has 108 valence electrons. The van der Waals surface area contributed by atoms with E-state index in [1.165, 1.54) is 24.9 Å². The summed E-state index contributed by atoms with van der Waals surface area (Å²) in [4.78, 5) is 25.6. The van der Waals surface area contributed by atoms with Gasteiger partial charge in [0.1, 0.15) is 0 Å². The van der Waals surface area contributed by atoms with E-state index in [0.717, 1.165) is 0 Å². The zero-order valence-corrected chi connectivity index (χ0v) is 11.3. The third-order valence-corrected chi connectivity index (χ3v) is 2.96. The van der Waals surface area contributed by atoms with E-state index in [1.54, 1.807) is 0 Å². The van der Waals surface area contributed by atoms with E-state index in [0.29, 0.717) is 18.2 Å². The first-order valence-electron chi connectivity index (χ1n) is 6.25. The van der Waals surface area contributed by atoms with E-state index in [-0.39, 0.29) is 0 Å². The topological polar surface area (TPSA) is 90.7 Å². The summed E-state index contributed by atoms with van der Waals surface area (Å²) in [5.74, 6) is -2.51. The second kappa shape index (κ2) is 8.06. The van der Waals surface area contributed by atoms with E-state index in [2.05, 4.69) is 23.0 Å². The summed E-state index contributed by atoms with van der Waals surface area (Å²) in [6, 6.07) is 4.79. The largest absolute Gasteiger partial charge is 0.478 e. The zero-order chi connectivity index (χ0) is 15.0. The summed E-state index contributed by atoms with van der Waals surface area (Å²) in [5.41, 5.74) is 1.36. The number of carboxylic acid groups (broad SMARTS) is 2. The summed E-state index contributed by atoms with van der Waals surface area (Å²) in [7, 11) is 2.19. The SMILES string of the molecule is CN1CCC[C@H]1c1cccnc1.O=C(O)/C=C\C(=O)O. The Hall–Kier alpha value is -2.21. The van der Waals surface area contributed by atoms with Crippen LogP contribution in [0.15, 0.2) is 36.7 Å². The summed E-state index contributed by atoms with van der Waals surface area (Å²) in [6.45, 7) is 1.22. The Morgan fingerprint density at radius 2 is 2.00 bits per heavy atom. The highest BCUT2D eigenvalue weighted by atomic mass is 16.4. The number of aromatic nitrogens is 1. The number of likely N-dealkylation sites (tertiary alicyclic amines) is 1. The Morgan fingerprint density at radius 3 is 2.40 bits per heavy atom. The van der Waals surface area contributed by atoms with E-state index < -0.39 is 11.9 Å². The molecule has 0 saturated carbocycles. The lowest BCUT2D eigenvalue weighted by Crippen LogP contribution is -2.17. The monoisotopic (exact) mass is 278 g/mol. The Balaban J connectivity index is 0.000000221. The molecule has 1 atom stereocenters. The van der Waals surface area contributed by atoms with Crippen LogP contribution < -0.4 is 0 Å². The van der Waals surface area contributed by atoms with E-state index >= 15 is 0 Å². The van der Waals surface area contributed by atoms with Crippen LogP contribution in [-0.2, 0) is 9.59 Å². The lowest BCUT2D eigenvalue weighted by molar-refractivity contribution is -0.134. The van der Waals surface area contributed by atoms with Crippen molar-refractivity contribution in [3.05, 3.63) is 42.2 Å². The lowest BCUT2D eigenvalue weighted by Gasteiger charge is -2.18. The van der Waals surface area contributed by atoms with Crippen LogP contribution in [0, 0.1) is 0 Å². The van der Waals surface area contributed by atoms with Crippen molar-refractivity contribution in [3.8, 4) is 0 Å². The fourth-order valence-corrected chi connectivity index (χ4v) is 2.05. The van der Waals surface area contributed by atoms with Crippen LogP contribution in [-0.4, -0.2) is 45.6 Å². The number of aliphatic carboxylic acids is 2. The van der Waals surface area contributed by atoms with Gasteiger partial charge in [0.15, 0.2) is 0 Å². The molecule has 0 aromatic carbocycles. The van der Waals surface area contributed by atoms with Gasteiger partial charge in [-0.3, -0.25) is 9.88 Å². The molecule has 2 heterocycles. The molecule has 1 aromatic heterocycles. The number of hydrogen-bond donors (Lipinski definition) is 2. The second-order valence-corrected chi connectivity index (χ2v) is 4.43. The first-order chi connectivity index (χ1) is 9.50. The van der Waals surface area contributed by atoms with Gasteiger partial charge in [0, 0.05) is 30.6 Å². The zero-order valence-electron chi connectivity index (χ0n) is 11.3. The van der Waals surface area contributed by atoms with Crippen LogP contribution in [0.3, 0.4) is 0 Å². The van der Waals surface area contributed by atoms with Gasteiger partial charge in [-0.1, -0.05) is 6.07 Å². The first kappa shape index (κ1) is 15.8. The highest BCUT2D eigenvalue weighted by Crippen LogP contribution is 2.29. The van der Waals surface area contributed by atoms with Crippen LogP contribution in [0.25, 0.3) is 0 Å². The van der Waals surface area contributed by atoms with Crippen molar-refractivity contribution in [3.63, 3.8) is 0 Å². The molecule has 1 aliphatic rings.